The van der Waals surface area contributed by atoms with Crippen molar-refractivity contribution in [3.8, 4) is 0 Å². The normalized spacial score (nSPS) is 31.8. The Hall–Kier alpha value is -0.940. The van der Waals surface area contributed by atoms with E-state index < -0.39 is 0 Å². The van der Waals surface area contributed by atoms with Gasteiger partial charge >= 0.3 is 0 Å². The SMILES string of the molecule is C[C@@H]1CCC[C@H](C)N1Cc1nc(CC2CCCO2)no1. The highest BCUT2D eigenvalue weighted by molar-refractivity contribution is 4.92. The first kappa shape index (κ1) is 14.0. The van der Waals surface area contributed by atoms with Crippen molar-refractivity contribution in [3.63, 3.8) is 0 Å². The van der Waals surface area contributed by atoms with Gasteiger partial charge in [0, 0.05) is 25.1 Å². The molecule has 1 aromatic heterocycles. The molecule has 0 radical (unpaired) electrons. The van der Waals surface area contributed by atoms with E-state index in [1.165, 1.54) is 19.3 Å². The average Bonchev–Trinajstić information content (AvgIpc) is 3.07. The molecular formula is C15H25N3O2. The van der Waals surface area contributed by atoms with Gasteiger partial charge < -0.3 is 9.26 Å². The molecular weight excluding hydrogens is 254 g/mol. The number of hydrogen-bond donors (Lipinski definition) is 0. The van der Waals surface area contributed by atoms with Crippen LogP contribution in [0.4, 0.5) is 0 Å². The van der Waals surface area contributed by atoms with Crippen LogP contribution in [-0.4, -0.2) is 39.8 Å². The van der Waals surface area contributed by atoms with Gasteiger partial charge in [-0.3, -0.25) is 4.90 Å². The monoisotopic (exact) mass is 279 g/mol. The highest BCUT2D eigenvalue weighted by Crippen LogP contribution is 2.24. The summed E-state index contributed by atoms with van der Waals surface area (Å²) in [6, 6.07) is 1.21. The van der Waals surface area contributed by atoms with Gasteiger partial charge in [-0.15, -0.1) is 0 Å². The lowest BCUT2D eigenvalue weighted by Gasteiger charge is -2.37. The van der Waals surface area contributed by atoms with Crippen molar-refractivity contribution in [3.05, 3.63) is 11.7 Å². The van der Waals surface area contributed by atoms with Crippen molar-refractivity contribution in [2.75, 3.05) is 6.61 Å². The summed E-state index contributed by atoms with van der Waals surface area (Å²) in [5.41, 5.74) is 0. The number of piperidine rings is 1. The van der Waals surface area contributed by atoms with Gasteiger partial charge in [0.05, 0.1) is 12.6 Å². The Morgan fingerprint density at radius 2 is 1.95 bits per heavy atom. The first-order valence-corrected chi connectivity index (χ1v) is 7.91. The molecule has 5 heteroatoms. The molecule has 0 aromatic carbocycles. The lowest BCUT2D eigenvalue weighted by atomic mass is 9.98. The summed E-state index contributed by atoms with van der Waals surface area (Å²) < 4.78 is 11.0. The Morgan fingerprint density at radius 1 is 1.15 bits per heavy atom. The molecule has 1 unspecified atom stereocenters. The molecule has 0 spiro atoms. The molecule has 1 aromatic rings. The highest BCUT2D eigenvalue weighted by atomic mass is 16.5. The maximum Gasteiger partial charge on any atom is 0.240 e. The first-order valence-electron chi connectivity index (χ1n) is 7.91. The van der Waals surface area contributed by atoms with E-state index in [1.54, 1.807) is 0 Å². The van der Waals surface area contributed by atoms with Crippen molar-refractivity contribution >= 4 is 0 Å². The van der Waals surface area contributed by atoms with E-state index >= 15 is 0 Å². The minimum atomic E-state index is 0.285. The third kappa shape index (κ3) is 3.20. The lowest BCUT2D eigenvalue weighted by molar-refractivity contribution is 0.0825. The van der Waals surface area contributed by atoms with Gasteiger partial charge in [0.15, 0.2) is 5.82 Å². The van der Waals surface area contributed by atoms with Gasteiger partial charge in [0.2, 0.25) is 5.89 Å². The summed E-state index contributed by atoms with van der Waals surface area (Å²) in [4.78, 5) is 7.02. The van der Waals surface area contributed by atoms with E-state index in [1.807, 2.05) is 0 Å². The predicted octanol–water partition coefficient (Wildman–Crippen LogP) is 2.55. The van der Waals surface area contributed by atoms with Crippen LogP contribution in [0, 0.1) is 0 Å². The van der Waals surface area contributed by atoms with Crippen LogP contribution in [-0.2, 0) is 17.7 Å². The number of nitrogens with zero attached hydrogens (tertiary/aromatic N) is 3. The number of ether oxygens (including phenoxy) is 1. The maximum atomic E-state index is 5.62. The fourth-order valence-corrected chi connectivity index (χ4v) is 3.39. The third-order valence-electron chi connectivity index (χ3n) is 4.64. The molecule has 3 rings (SSSR count). The molecule has 2 saturated heterocycles. The van der Waals surface area contributed by atoms with Crippen molar-refractivity contribution in [1.29, 1.82) is 0 Å². The molecule has 0 aliphatic carbocycles. The summed E-state index contributed by atoms with van der Waals surface area (Å²) >= 11 is 0. The van der Waals surface area contributed by atoms with Gasteiger partial charge in [-0.1, -0.05) is 11.6 Å². The van der Waals surface area contributed by atoms with Crippen LogP contribution >= 0.6 is 0 Å². The Balaban J connectivity index is 1.58. The Kier molecular flexibility index (Phi) is 4.36. The molecule has 2 aliphatic rings. The van der Waals surface area contributed by atoms with Crippen LogP contribution in [0.3, 0.4) is 0 Å². The minimum absolute atomic E-state index is 0.285. The predicted molar refractivity (Wildman–Crippen MR) is 75.3 cm³/mol. The van der Waals surface area contributed by atoms with Crippen molar-refractivity contribution < 1.29 is 9.26 Å². The van der Waals surface area contributed by atoms with Gasteiger partial charge in [0.1, 0.15) is 0 Å². The Bertz CT molecular complexity index is 419. The van der Waals surface area contributed by atoms with Crippen LogP contribution in [0.2, 0.25) is 0 Å². The van der Waals surface area contributed by atoms with Gasteiger partial charge in [0.25, 0.3) is 0 Å². The number of likely N-dealkylation sites (tertiary alicyclic amines) is 1. The molecule has 3 atom stereocenters. The number of hydrogen-bond acceptors (Lipinski definition) is 5. The van der Waals surface area contributed by atoms with E-state index in [0.717, 1.165) is 44.1 Å². The average molecular weight is 279 g/mol. The molecule has 0 N–H and O–H groups in total. The van der Waals surface area contributed by atoms with Gasteiger partial charge in [-0.25, -0.2) is 0 Å². The fourth-order valence-electron chi connectivity index (χ4n) is 3.39. The van der Waals surface area contributed by atoms with Crippen LogP contribution in [0.15, 0.2) is 4.52 Å². The molecule has 112 valence electrons. The molecule has 0 saturated carbocycles. The Morgan fingerprint density at radius 3 is 2.65 bits per heavy atom. The molecule has 3 heterocycles. The minimum Gasteiger partial charge on any atom is -0.378 e. The molecule has 2 aliphatic heterocycles. The van der Waals surface area contributed by atoms with E-state index in [0.29, 0.717) is 12.1 Å². The number of aromatic nitrogens is 2. The van der Waals surface area contributed by atoms with Crippen LogP contribution in [0.5, 0.6) is 0 Å². The summed E-state index contributed by atoms with van der Waals surface area (Å²) in [5, 5.41) is 4.10. The zero-order valence-corrected chi connectivity index (χ0v) is 12.5. The van der Waals surface area contributed by atoms with Gasteiger partial charge in [-0.05, 0) is 39.5 Å². The summed E-state index contributed by atoms with van der Waals surface area (Å²) in [5.74, 6) is 1.54. The molecule has 0 bridgehead atoms. The zero-order chi connectivity index (χ0) is 13.9. The van der Waals surface area contributed by atoms with E-state index in [-0.39, 0.29) is 6.10 Å². The standard InChI is InChI=1S/C15H25N3O2/c1-11-5-3-6-12(2)18(11)10-15-16-14(17-20-15)9-13-7-4-8-19-13/h11-13H,3-10H2,1-2H3/t11-,12+,13?. The van der Waals surface area contributed by atoms with Crippen LogP contribution in [0.1, 0.15) is 57.7 Å². The van der Waals surface area contributed by atoms with E-state index in [9.17, 15) is 0 Å². The second-order valence-corrected chi connectivity index (χ2v) is 6.24. The van der Waals surface area contributed by atoms with Crippen molar-refractivity contribution in [2.45, 2.75) is 77.1 Å². The topological polar surface area (TPSA) is 51.4 Å². The fraction of sp³-hybridized carbons (Fsp3) is 0.867. The van der Waals surface area contributed by atoms with Gasteiger partial charge in [-0.2, -0.15) is 4.98 Å². The second-order valence-electron chi connectivity index (χ2n) is 6.24. The van der Waals surface area contributed by atoms with Crippen LogP contribution < -0.4 is 0 Å². The van der Waals surface area contributed by atoms with Crippen LogP contribution in [0.25, 0.3) is 0 Å². The van der Waals surface area contributed by atoms with E-state index in [2.05, 4.69) is 28.9 Å². The van der Waals surface area contributed by atoms with Crippen molar-refractivity contribution in [1.82, 2.24) is 15.0 Å². The largest absolute Gasteiger partial charge is 0.378 e. The first-order chi connectivity index (χ1) is 9.72. The van der Waals surface area contributed by atoms with Crippen molar-refractivity contribution in [2.24, 2.45) is 0 Å². The smallest absolute Gasteiger partial charge is 0.240 e. The molecule has 5 nitrogen and oxygen atoms in total. The zero-order valence-electron chi connectivity index (χ0n) is 12.5. The third-order valence-corrected chi connectivity index (χ3v) is 4.64. The highest BCUT2D eigenvalue weighted by Gasteiger charge is 2.26. The number of rotatable bonds is 4. The lowest BCUT2D eigenvalue weighted by Crippen LogP contribution is -2.43. The summed E-state index contributed by atoms with van der Waals surface area (Å²) in [6.07, 6.45) is 7.19. The molecule has 0 amide bonds. The molecule has 20 heavy (non-hydrogen) atoms. The molecule has 2 fully saturated rings. The summed E-state index contributed by atoms with van der Waals surface area (Å²) in [6.45, 7) is 6.23. The maximum absolute atomic E-state index is 5.62. The Labute approximate surface area is 120 Å². The second kappa shape index (κ2) is 6.22. The quantitative estimate of drug-likeness (QED) is 0.847. The van der Waals surface area contributed by atoms with E-state index in [4.69, 9.17) is 9.26 Å². The summed E-state index contributed by atoms with van der Waals surface area (Å²) in [7, 11) is 0.